The van der Waals surface area contributed by atoms with Crippen LogP contribution in [-0.2, 0) is 10.0 Å². The molecular weight excluding hydrogens is 418 g/mol. The van der Waals surface area contributed by atoms with Crippen molar-refractivity contribution in [3.05, 3.63) is 83.8 Å². The molecule has 0 radical (unpaired) electrons. The van der Waals surface area contributed by atoms with E-state index in [-0.39, 0.29) is 35.6 Å². The zero-order valence-corrected chi connectivity index (χ0v) is 18.0. The molecule has 3 rings (SSSR count). The molecule has 0 saturated heterocycles. The van der Waals surface area contributed by atoms with Gasteiger partial charge in [0.2, 0.25) is 0 Å². The number of anilines is 1. The number of carbonyl (C=O) groups is 2. The molecule has 0 fully saturated rings. The van der Waals surface area contributed by atoms with Crippen molar-refractivity contribution >= 4 is 27.5 Å². The summed E-state index contributed by atoms with van der Waals surface area (Å²) in [5.74, 6) is -0.490. The minimum absolute atomic E-state index is 0.194. The molecule has 9 heteroatoms. The molecule has 0 spiro atoms. The van der Waals surface area contributed by atoms with E-state index in [1.807, 2.05) is 6.92 Å². The number of hydrogen-bond donors (Lipinski definition) is 2. The number of furan rings is 1. The molecule has 8 nitrogen and oxygen atoms in total. The van der Waals surface area contributed by atoms with Gasteiger partial charge in [0.25, 0.3) is 21.8 Å². The van der Waals surface area contributed by atoms with Crippen LogP contribution in [0.2, 0.25) is 0 Å². The van der Waals surface area contributed by atoms with E-state index in [1.165, 1.54) is 17.6 Å². The first-order valence-electron chi connectivity index (χ1n) is 9.54. The number of nitrogens with one attached hydrogen (secondary N) is 2. The molecule has 2 N–H and O–H groups in total. The highest BCUT2D eigenvalue weighted by Gasteiger charge is 2.21. The lowest BCUT2D eigenvalue weighted by atomic mass is 10.2. The number of benzene rings is 2. The number of amides is 2. The van der Waals surface area contributed by atoms with Gasteiger partial charge in [-0.25, -0.2) is 8.42 Å². The lowest BCUT2D eigenvalue weighted by Crippen LogP contribution is -2.34. The fourth-order valence-corrected chi connectivity index (χ4v) is 3.97. The maximum Gasteiger partial charge on any atom is 0.287 e. The molecule has 0 atom stereocenters. The van der Waals surface area contributed by atoms with Crippen LogP contribution in [0.25, 0.3) is 0 Å². The van der Waals surface area contributed by atoms with E-state index in [1.54, 1.807) is 60.7 Å². The van der Waals surface area contributed by atoms with Crippen LogP contribution in [-0.4, -0.2) is 40.4 Å². The van der Waals surface area contributed by atoms with E-state index in [4.69, 9.17) is 4.42 Å². The first-order chi connectivity index (χ1) is 14.8. The number of nitrogens with zero attached hydrogens (tertiary/aromatic N) is 1. The number of hydrogen-bond acceptors (Lipinski definition) is 5. The molecule has 0 aliphatic rings. The summed E-state index contributed by atoms with van der Waals surface area (Å²) in [5.41, 5.74) is 1.78. The third kappa shape index (κ3) is 5.32. The highest BCUT2D eigenvalue weighted by molar-refractivity contribution is 7.92. The Kier molecular flexibility index (Phi) is 6.76. The van der Waals surface area contributed by atoms with Gasteiger partial charge < -0.3 is 15.1 Å². The quantitative estimate of drug-likeness (QED) is 0.522. The molecule has 162 valence electrons. The van der Waals surface area contributed by atoms with Crippen molar-refractivity contribution in [2.75, 3.05) is 24.4 Å². The fraction of sp³-hybridized carbons (Fsp3) is 0.182. The number of aryl methyl sites for hydroxylation is 1. The van der Waals surface area contributed by atoms with Crippen molar-refractivity contribution in [1.29, 1.82) is 0 Å². The molecule has 0 saturated carbocycles. The van der Waals surface area contributed by atoms with E-state index in [0.29, 0.717) is 11.3 Å². The molecular formula is C22H23N3O5S. The van der Waals surface area contributed by atoms with Crippen LogP contribution in [0.4, 0.5) is 5.69 Å². The molecule has 0 bridgehead atoms. The average molecular weight is 442 g/mol. The van der Waals surface area contributed by atoms with E-state index in [2.05, 4.69) is 10.6 Å². The van der Waals surface area contributed by atoms with Gasteiger partial charge in [-0.15, -0.1) is 0 Å². The highest BCUT2D eigenvalue weighted by atomic mass is 32.2. The molecule has 2 amide bonds. The van der Waals surface area contributed by atoms with Crippen molar-refractivity contribution in [1.82, 2.24) is 10.6 Å². The van der Waals surface area contributed by atoms with E-state index in [9.17, 15) is 18.0 Å². The normalized spacial score (nSPS) is 11.0. The molecule has 3 aromatic rings. The van der Waals surface area contributed by atoms with Gasteiger partial charge in [0.15, 0.2) is 5.76 Å². The second-order valence-electron chi connectivity index (χ2n) is 6.82. The minimum Gasteiger partial charge on any atom is -0.459 e. The number of carbonyl (C=O) groups excluding carboxylic acids is 2. The summed E-state index contributed by atoms with van der Waals surface area (Å²) in [7, 11) is -2.24. The van der Waals surface area contributed by atoms with Crippen LogP contribution in [0.1, 0.15) is 26.5 Å². The van der Waals surface area contributed by atoms with Crippen molar-refractivity contribution in [2.45, 2.75) is 11.8 Å². The van der Waals surface area contributed by atoms with Crippen molar-refractivity contribution in [3.63, 3.8) is 0 Å². The van der Waals surface area contributed by atoms with Crippen LogP contribution < -0.4 is 14.9 Å². The number of rotatable bonds is 8. The third-order valence-corrected chi connectivity index (χ3v) is 6.41. The van der Waals surface area contributed by atoms with Crippen molar-refractivity contribution in [3.8, 4) is 0 Å². The van der Waals surface area contributed by atoms with Crippen molar-refractivity contribution < 1.29 is 22.4 Å². The Morgan fingerprint density at radius 3 is 2.10 bits per heavy atom. The maximum absolute atomic E-state index is 12.8. The Labute approximate surface area is 180 Å². The molecule has 0 aliphatic heterocycles. The number of sulfonamides is 1. The highest BCUT2D eigenvalue weighted by Crippen LogP contribution is 2.22. The monoisotopic (exact) mass is 441 g/mol. The summed E-state index contributed by atoms with van der Waals surface area (Å²) in [6, 6.07) is 16.0. The summed E-state index contributed by atoms with van der Waals surface area (Å²) in [4.78, 5) is 24.2. The minimum atomic E-state index is -3.70. The Morgan fingerprint density at radius 2 is 1.52 bits per heavy atom. The Balaban J connectivity index is 1.55. The maximum atomic E-state index is 12.8. The summed E-state index contributed by atoms with van der Waals surface area (Å²) in [6.45, 7) is 2.35. The van der Waals surface area contributed by atoms with Gasteiger partial charge >= 0.3 is 0 Å². The second-order valence-corrected chi connectivity index (χ2v) is 8.79. The lowest BCUT2D eigenvalue weighted by molar-refractivity contribution is 0.0910. The van der Waals surface area contributed by atoms with Crippen LogP contribution in [0, 0.1) is 6.92 Å². The predicted octanol–water partition coefficient (Wildman–Crippen LogP) is 2.57. The van der Waals surface area contributed by atoms with Crippen LogP contribution in [0.5, 0.6) is 0 Å². The van der Waals surface area contributed by atoms with Gasteiger partial charge in [0, 0.05) is 25.7 Å². The van der Waals surface area contributed by atoms with E-state index >= 15 is 0 Å². The zero-order valence-electron chi connectivity index (χ0n) is 17.2. The Morgan fingerprint density at radius 1 is 0.903 bits per heavy atom. The van der Waals surface area contributed by atoms with Gasteiger partial charge in [-0.3, -0.25) is 13.9 Å². The molecule has 1 heterocycles. The standard InChI is InChI=1S/C22H23N3O5S/c1-16-5-11-19(12-6-16)31(28,29)25(2)18-9-7-17(8-10-18)21(26)23-13-14-24-22(27)20-4-3-15-30-20/h3-12,15H,13-14H2,1-2H3,(H,23,26)(H,24,27). The fourth-order valence-electron chi connectivity index (χ4n) is 2.78. The van der Waals surface area contributed by atoms with Crippen LogP contribution in [0.3, 0.4) is 0 Å². The molecule has 2 aromatic carbocycles. The average Bonchev–Trinajstić information content (AvgIpc) is 3.31. The predicted molar refractivity (Wildman–Crippen MR) is 117 cm³/mol. The Hall–Kier alpha value is -3.59. The molecule has 0 aliphatic carbocycles. The molecule has 1 aromatic heterocycles. The zero-order chi connectivity index (χ0) is 22.4. The van der Waals surface area contributed by atoms with Gasteiger partial charge in [0.1, 0.15) is 0 Å². The van der Waals surface area contributed by atoms with Gasteiger partial charge in [-0.1, -0.05) is 17.7 Å². The van der Waals surface area contributed by atoms with E-state index in [0.717, 1.165) is 5.56 Å². The first-order valence-corrected chi connectivity index (χ1v) is 11.0. The molecule has 0 unspecified atom stereocenters. The largest absolute Gasteiger partial charge is 0.459 e. The molecule has 31 heavy (non-hydrogen) atoms. The van der Waals surface area contributed by atoms with E-state index < -0.39 is 10.0 Å². The second kappa shape index (κ2) is 9.48. The van der Waals surface area contributed by atoms with Gasteiger partial charge in [-0.2, -0.15) is 0 Å². The van der Waals surface area contributed by atoms with Gasteiger partial charge in [-0.05, 0) is 55.5 Å². The van der Waals surface area contributed by atoms with Gasteiger partial charge in [0.05, 0.1) is 16.8 Å². The van der Waals surface area contributed by atoms with Crippen molar-refractivity contribution in [2.24, 2.45) is 0 Å². The summed E-state index contributed by atoms with van der Waals surface area (Å²) >= 11 is 0. The lowest BCUT2D eigenvalue weighted by Gasteiger charge is -2.20. The summed E-state index contributed by atoms with van der Waals surface area (Å²) in [6.07, 6.45) is 1.41. The van der Waals surface area contributed by atoms with Crippen LogP contribution in [0.15, 0.2) is 76.2 Å². The summed E-state index contributed by atoms with van der Waals surface area (Å²) in [5, 5.41) is 5.32. The smallest absolute Gasteiger partial charge is 0.287 e. The Bertz CT molecular complexity index is 1140. The summed E-state index contributed by atoms with van der Waals surface area (Å²) < 4.78 is 31.7. The topological polar surface area (TPSA) is 109 Å². The first kappa shape index (κ1) is 22.1. The third-order valence-electron chi connectivity index (χ3n) is 4.61. The van der Waals surface area contributed by atoms with Crippen LogP contribution >= 0.6 is 0 Å². The SMILES string of the molecule is Cc1ccc(S(=O)(=O)N(C)c2ccc(C(=O)NCCNC(=O)c3ccco3)cc2)cc1.